The minimum absolute atomic E-state index is 0.00579. The van der Waals surface area contributed by atoms with Crippen LogP contribution in [0.1, 0.15) is 21.1 Å². The fourth-order valence-corrected chi connectivity index (χ4v) is 3.38. The van der Waals surface area contributed by atoms with E-state index < -0.39 is 59.7 Å². The summed E-state index contributed by atoms with van der Waals surface area (Å²) in [5.74, 6) is -3.90. The molecule has 36 heavy (non-hydrogen) atoms. The van der Waals surface area contributed by atoms with Gasteiger partial charge in [-0.25, -0.2) is 9.59 Å². The number of hydrogen-bond acceptors (Lipinski definition) is 10. The van der Waals surface area contributed by atoms with E-state index in [0.717, 1.165) is 12.1 Å². The van der Waals surface area contributed by atoms with E-state index in [4.69, 9.17) is 28.5 Å². The SMILES string of the molecule is O=C(O)c1cc(=O)c2c(OC[C@@H](O)[C@@H](O)COc3cccc4oc(C(=O)O)cc(=O)c34)cccc2o1. The van der Waals surface area contributed by atoms with Gasteiger partial charge in [0.25, 0.3) is 0 Å². The number of hydrogen-bond donors (Lipinski definition) is 4. The van der Waals surface area contributed by atoms with Crippen LogP contribution in [0.2, 0.25) is 0 Å². The summed E-state index contributed by atoms with van der Waals surface area (Å²) in [5, 5.41) is 38.6. The van der Waals surface area contributed by atoms with E-state index in [2.05, 4.69) is 0 Å². The molecule has 0 saturated heterocycles. The molecule has 4 aromatic rings. The van der Waals surface area contributed by atoms with Crippen LogP contribution >= 0.6 is 0 Å². The molecule has 0 aliphatic rings. The first-order valence-corrected chi connectivity index (χ1v) is 10.4. The lowest BCUT2D eigenvalue weighted by atomic mass is 10.2. The smallest absolute Gasteiger partial charge is 0.371 e. The van der Waals surface area contributed by atoms with E-state index in [1.165, 1.54) is 36.4 Å². The average molecular weight is 498 g/mol. The minimum atomic E-state index is -1.49. The molecular formula is C24H18O12. The van der Waals surface area contributed by atoms with Crippen molar-refractivity contribution < 1.29 is 48.3 Å². The van der Waals surface area contributed by atoms with Crippen molar-refractivity contribution in [3.63, 3.8) is 0 Å². The standard InChI is InChI=1S/C24H18O12/c25-11-7-19(23(29)30)35-17-5-1-3-15(21(11)17)33-9-13(27)14(28)10-34-16-4-2-6-18-22(16)12(26)8-20(36-18)24(31)32/h1-8,13-14,27-28H,9-10H2,(H,29,30)(H,31,32)/t13-,14+. The molecule has 186 valence electrons. The van der Waals surface area contributed by atoms with Crippen LogP contribution < -0.4 is 20.3 Å². The highest BCUT2D eigenvalue weighted by Gasteiger charge is 2.21. The number of ether oxygens (including phenoxy) is 2. The molecule has 4 rings (SSSR count). The molecule has 4 N–H and O–H groups in total. The van der Waals surface area contributed by atoms with Crippen LogP contribution in [0.25, 0.3) is 21.9 Å². The lowest BCUT2D eigenvalue weighted by molar-refractivity contribution is -0.0284. The molecule has 0 aliphatic carbocycles. The summed E-state index contributed by atoms with van der Waals surface area (Å²) in [6, 6.07) is 10.1. The first-order valence-electron chi connectivity index (χ1n) is 10.4. The van der Waals surface area contributed by atoms with Gasteiger partial charge in [-0.05, 0) is 24.3 Å². The molecule has 0 aliphatic heterocycles. The van der Waals surface area contributed by atoms with Gasteiger partial charge >= 0.3 is 11.9 Å². The molecule has 0 spiro atoms. The van der Waals surface area contributed by atoms with E-state index in [1.54, 1.807) is 0 Å². The first kappa shape index (κ1) is 24.4. The van der Waals surface area contributed by atoms with Gasteiger partial charge in [-0.3, -0.25) is 9.59 Å². The number of aliphatic hydroxyl groups is 2. The lowest BCUT2D eigenvalue weighted by Gasteiger charge is -2.19. The molecule has 0 bridgehead atoms. The number of aliphatic hydroxyl groups excluding tert-OH is 2. The first-order chi connectivity index (χ1) is 17.2. The van der Waals surface area contributed by atoms with Crippen LogP contribution in [-0.4, -0.2) is 57.8 Å². The minimum Gasteiger partial charge on any atom is -0.490 e. The normalized spacial score (nSPS) is 12.8. The lowest BCUT2D eigenvalue weighted by Crippen LogP contribution is -2.36. The summed E-state index contributed by atoms with van der Waals surface area (Å²) in [5.41, 5.74) is -1.39. The van der Waals surface area contributed by atoms with Crippen LogP contribution in [0.5, 0.6) is 11.5 Å². The molecule has 12 nitrogen and oxygen atoms in total. The molecule has 0 radical (unpaired) electrons. The van der Waals surface area contributed by atoms with Gasteiger partial charge < -0.3 is 38.7 Å². The Morgan fingerprint density at radius 1 is 0.722 bits per heavy atom. The van der Waals surface area contributed by atoms with Crippen LogP contribution in [-0.2, 0) is 0 Å². The van der Waals surface area contributed by atoms with E-state index in [1.807, 2.05) is 0 Å². The number of rotatable bonds is 9. The maximum Gasteiger partial charge on any atom is 0.371 e. The number of benzene rings is 2. The number of aromatic carboxylic acids is 2. The summed E-state index contributed by atoms with van der Waals surface area (Å²) in [6.07, 6.45) is -2.98. The van der Waals surface area contributed by atoms with Gasteiger partial charge in [-0.2, -0.15) is 0 Å². The molecule has 0 amide bonds. The second-order valence-electron chi connectivity index (χ2n) is 7.58. The zero-order chi connectivity index (χ0) is 26.0. The third-order valence-corrected chi connectivity index (χ3v) is 5.12. The van der Waals surface area contributed by atoms with Gasteiger partial charge in [-0.15, -0.1) is 0 Å². The van der Waals surface area contributed by atoms with Crippen molar-refractivity contribution in [2.24, 2.45) is 0 Å². The van der Waals surface area contributed by atoms with Gasteiger partial charge in [0.2, 0.25) is 11.5 Å². The molecule has 0 fully saturated rings. The molecule has 0 saturated carbocycles. The van der Waals surface area contributed by atoms with E-state index in [-0.39, 0.29) is 33.4 Å². The van der Waals surface area contributed by atoms with Gasteiger partial charge in [0.05, 0.1) is 0 Å². The van der Waals surface area contributed by atoms with Crippen molar-refractivity contribution in [3.05, 3.63) is 80.5 Å². The van der Waals surface area contributed by atoms with E-state index in [0.29, 0.717) is 0 Å². The Balaban J connectivity index is 1.46. The van der Waals surface area contributed by atoms with Crippen molar-refractivity contribution in [1.29, 1.82) is 0 Å². The fourth-order valence-electron chi connectivity index (χ4n) is 3.38. The fraction of sp³-hybridized carbons (Fsp3) is 0.167. The molecule has 2 aromatic heterocycles. The predicted molar refractivity (Wildman–Crippen MR) is 122 cm³/mol. The molecule has 12 heteroatoms. The topological polar surface area (TPSA) is 194 Å². The monoisotopic (exact) mass is 498 g/mol. The van der Waals surface area contributed by atoms with E-state index in [9.17, 15) is 29.4 Å². The highest BCUT2D eigenvalue weighted by atomic mass is 16.5. The van der Waals surface area contributed by atoms with Crippen molar-refractivity contribution >= 4 is 33.9 Å². The number of carboxylic acid groups (broad SMARTS) is 2. The van der Waals surface area contributed by atoms with Crippen molar-refractivity contribution in [3.8, 4) is 11.5 Å². The third-order valence-electron chi connectivity index (χ3n) is 5.12. The van der Waals surface area contributed by atoms with Crippen molar-refractivity contribution in [2.75, 3.05) is 13.2 Å². The largest absolute Gasteiger partial charge is 0.490 e. The van der Waals surface area contributed by atoms with Crippen LogP contribution in [0.3, 0.4) is 0 Å². The van der Waals surface area contributed by atoms with Gasteiger partial charge in [0.1, 0.15) is 58.9 Å². The summed E-state index contributed by atoms with van der Waals surface area (Å²) in [6.45, 7) is -0.938. The highest BCUT2D eigenvalue weighted by molar-refractivity contribution is 5.90. The maximum absolute atomic E-state index is 12.4. The Bertz CT molecular complexity index is 1460. The van der Waals surface area contributed by atoms with Crippen LogP contribution in [0, 0.1) is 0 Å². The Hall–Kier alpha value is -4.68. The number of fused-ring (bicyclic) bond motifs is 2. The Labute approximate surface area is 200 Å². The Morgan fingerprint density at radius 3 is 1.47 bits per heavy atom. The second-order valence-corrected chi connectivity index (χ2v) is 7.58. The zero-order valence-electron chi connectivity index (χ0n) is 18.2. The zero-order valence-corrected chi connectivity index (χ0v) is 18.2. The summed E-state index contributed by atoms with van der Waals surface area (Å²) in [4.78, 5) is 46.9. The molecule has 2 aromatic carbocycles. The van der Waals surface area contributed by atoms with Crippen molar-refractivity contribution in [2.45, 2.75) is 12.2 Å². The quantitative estimate of drug-likeness (QED) is 0.260. The Morgan fingerprint density at radius 2 is 1.11 bits per heavy atom. The van der Waals surface area contributed by atoms with Crippen LogP contribution in [0.4, 0.5) is 0 Å². The van der Waals surface area contributed by atoms with Gasteiger partial charge in [0.15, 0.2) is 10.9 Å². The van der Waals surface area contributed by atoms with Gasteiger partial charge in [0, 0.05) is 12.1 Å². The summed E-state index contributed by atoms with van der Waals surface area (Å²) in [7, 11) is 0. The average Bonchev–Trinajstić information content (AvgIpc) is 2.85. The van der Waals surface area contributed by atoms with Crippen LogP contribution in [0.15, 0.2) is 67.0 Å². The third kappa shape index (κ3) is 4.89. The van der Waals surface area contributed by atoms with Crippen molar-refractivity contribution in [1.82, 2.24) is 0 Å². The highest BCUT2D eigenvalue weighted by Crippen LogP contribution is 2.25. The predicted octanol–water partition coefficient (Wildman–Crippen LogP) is 1.48. The molecule has 2 heterocycles. The Kier molecular flexibility index (Phi) is 6.72. The molecule has 0 unspecified atom stereocenters. The number of carboxylic acids is 2. The summed E-state index contributed by atoms with van der Waals surface area (Å²) >= 11 is 0. The summed E-state index contributed by atoms with van der Waals surface area (Å²) < 4.78 is 21.3. The number of carbonyl (C=O) groups is 2. The second kappa shape index (κ2) is 9.90. The molecular weight excluding hydrogens is 480 g/mol. The van der Waals surface area contributed by atoms with Gasteiger partial charge in [-0.1, -0.05) is 12.1 Å². The van der Waals surface area contributed by atoms with E-state index >= 15 is 0 Å². The maximum atomic E-state index is 12.4. The molecule has 2 atom stereocenters.